The Kier molecular flexibility index (Phi) is 13.4. The highest BCUT2D eigenvalue weighted by atomic mass is 35.5. The number of halogens is 5. The number of aromatic nitrogens is 1. The summed E-state index contributed by atoms with van der Waals surface area (Å²) in [6, 6.07) is 5.33. The van der Waals surface area contributed by atoms with E-state index in [9.17, 15) is 37.5 Å². The number of carboxylic acid groups (broad SMARTS) is 1. The van der Waals surface area contributed by atoms with Gasteiger partial charge in [0.2, 0.25) is 5.91 Å². The number of alkyl halides is 3. The third kappa shape index (κ3) is 9.99. The molecule has 1 spiro atoms. The van der Waals surface area contributed by atoms with E-state index >= 15 is 4.39 Å². The molecule has 2 atom stereocenters. The number of nitrogens with zero attached hydrogens (tertiary/aromatic N) is 2. The van der Waals surface area contributed by atoms with E-state index in [0.717, 1.165) is 48.7 Å². The number of carboxylic acids is 1. The van der Waals surface area contributed by atoms with E-state index in [0.29, 0.717) is 41.0 Å². The molecule has 0 saturated carbocycles. The van der Waals surface area contributed by atoms with Crippen LogP contribution in [-0.2, 0) is 27.0 Å². The van der Waals surface area contributed by atoms with Gasteiger partial charge in [0.1, 0.15) is 23.1 Å². The zero-order chi connectivity index (χ0) is 41.1. The summed E-state index contributed by atoms with van der Waals surface area (Å²) in [5.74, 6) is -4.20. The first-order valence-corrected chi connectivity index (χ1v) is 19.2. The largest absolute Gasteiger partial charge is 0.481 e. The van der Waals surface area contributed by atoms with Crippen LogP contribution in [0.2, 0.25) is 5.02 Å². The molecular weight excluding hydrogens is 756 g/mol. The Labute approximate surface area is 328 Å². The molecule has 3 heterocycles. The Bertz CT molecular complexity index is 2000. The number of carbonyl (C=O) groups is 3. The predicted octanol–water partition coefficient (Wildman–Crippen LogP) is 7.23. The minimum atomic E-state index is -4.87. The van der Waals surface area contributed by atoms with Gasteiger partial charge in [-0.25, -0.2) is 4.39 Å². The first-order chi connectivity index (χ1) is 26.3. The fourth-order valence-corrected chi connectivity index (χ4v) is 8.37. The molecule has 0 unspecified atom stereocenters. The van der Waals surface area contributed by atoms with Crippen LogP contribution in [0.1, 0.15) is 90.3 Å². The fraction of sp³-hybridized carbons (Fsp3) is 0.512. The van der Waals surface area contributed by atoms with Crippen molar-refractivity contribution in [3.63, 3.8) is 0 Å². The number of hydrogen-bond donors (Lipinski definition) is 3. The first-order valence-electron chi connectivity index (χ1n) is 18.8. The zero-order valence-electron chi connectivity index (χ0n) is 32.2. The quantitative estimate of drug-likeness (QED) is 0.147. The van der Waals surface area contributed by atoms with E-state index in [2.05, 4.69) is 15.5 Å². The van der Waals surface area contributed by atoms with Gasteiger partial charge in [-0.1, -0.05) is 25.4 Å². The molecule has 0 aliphatic carbocycles. The Morgan fingerprint density at radius 1 is 0.964 bits per heavy atom. The molecule has 304 valence electrons. The van der Waals surface area contributed by atoms with Crippen molar-refractivity contribution in [2.75, 3.05) is 32.8 Å². The van der Waals surface area contributed by atoms with Crippen molar-refractivity contribution < 1.29 is 41.8 Å². The maximum Gasteiger partial charge on any atom is 0.431 e. The summed E-state index contributed by atoms with van der Waals surface area (Å²) in [5.41, 5.74) is 0.277. The van der Waals surface area contributed by atoms with Crippen molar-refractivity contribution >= 4 is 29.4 Å². The Morgan fingerprint density at radius 2 is 1.61 bits per heavy atom. The summed E-state index contributed by atoms with van der Waals surface area (Å²) in [7, 11) is 0. The molecule has 5 rings (SSSR count). The van der Waals surface area contributed by atoms with Gasteiger partial charge in [0.05, 0.1) is 12.5 Å². The van der Waals surface area contributed by atoms with Crippen LogP contribution in [-0.4, -0.2) is 71.2 Å². The molecule has 0 radical (unpaired) electrons. The van der Waals surface area contributed by atoms with Crippen molar-refractivity contribution in [2.45, 2.75) is 91.5 Å². The van der Waals surface area contributed by atoms with Crippen LogP contribution in [0.25, 0.3) is 11.1 Å². The molecule has 0 bridgehead atoms. The van der Waals surface area contributed by atoms with Crippen LogP contribution in [0.5, 0.6) is 0 Å². The summed E-state index contributed by atoms with van der Waals surface area (Å²) >= 11 is 6.23. The molecule has 2 saturated heterocycles. The van der Waals surface area contributed by atoms with Gasteiger partial charge in [-0.3, -0.25) is 19.2 Å². The minimum absolute atomic E-state index is 0.0142. The number of pyridine rings is 1. The summed E-state index contributed by atoms with van der Waals surface area (Å²) in [6.45, 7) is 11.9. The highest BCUT2D eigenvalue weighted by molar-refractivity contribution is 6.30. The first kappa shape index (κ1) is 42.9. The van der Waals surface area contributed by atoms with Gasteiger partial charge in [0, 0.05) is 48.8 Å². The molecule has 2 aromatic carbocycles. The van der Waals surface area contributed by atoms with Crippen molar-refractivity contribution in [3.05, 3.63) is 91.1 Å². The van der Waals surface area contributed by atoms with Crippen LogP contribution in [0.4, 0.5) is 17.6 Å². The van der Waals surface area contributed by atoms with E-state index in [4.69, 9.17) is 16.3 Å². The molecule has 15 heteroatoms. The Balaban J connectivity index is 1.38. The number of benzene rings is 2. The molecule has 2 amide bonds. The van der Waals surface area contributed by atoms with Gasteiger partial charge in [0.15, 0.2) is 0 Å². The molecule has 1 aromatic heterocycles. The van der Waals surface area contributed by atoms with Gasteiger partial charge in [-0.05, 0) is 123 Å². The van der Waals surface area contributed by atoms with Crippen LogP contribution in [0.3, 0.4) is 0 Å². The topological polar surface area (TPSA) is 130 Å². The molecular formula is C41H49ClF4N4O6. The summed E-state index contributed by atoms with van der Waals surface area (Å²) in [4.78, 5) is 55.3. The van der Waals surface area contributed by atoms with Crippen LogP contribution >= 0.6 is 11.6 Å². The summed E-state index contributed by atoms with van der Waals surface area (Å²) in [5, 5.41) is 15.4. The lowest BCUT2D eigenvalue weighted by atomic mass is 9.73. The molecule has 2 aliphatic heterocycles. The third-order valence-electron chi connectivity index (χ3n) is 10.7. The number of likely N-dealkylation sites (tertiary alicyclic amines) is 1. The number of hydrogen-bond acceptors (Lipinski definition) is 6. The summed E-state index contributed by atoms with van der Waals surface area (Å²) < 4.78 is 64.1. The molecule has 2 aliphatic rings. The van der Waals surface area contributed by atoms with Gasteiger partial charge >= 0.3 is 12.1 Å². The molecule has 10 nitrogen and oxygen atoms in total. The van der Waals surface area contributed by atoms with E-state index in [1.165, 1.54) is 13.0 Å². The van der Waals surface area contributed by atoms with E-state index in [-0.39, 0.29) is 41.8 Å². The maximum atomic E-state index is 15.8. The number of aliphatic carboxylic acids is 1. The molecule has 3 aromatic rings. The Hall–Kier alpha value is -4.27. The van der Waals surface area contributed by atoms with E-state index in [1.54, 1.807) is 32.0 Å². The smallest absolute Gasteiger partial charge is 0.431 e. The van der Waals surface area contributed by atoms with Crippen molar-refractivity contribution in [1.29, 1.82) is 0 Å². The van der Waals surface area contributed by atoms with Crippen molar-refractivity contribution in [1.82, 2.24) is 20.1 Å². The van der Waals surface area contributed by atoms with Gasteiger partial charge in [-0.15, -0.1) is 0 Å². The zero-order valence-corrected chi connectivity index (χ0v) is 33.0. The number of amides is 2. The van der Waals surface area contributed by atoms with E-state index < -0.39 is 65.1 Å². The second-order valence-electron chi connectivity index (χ2n) is 15.7. The lowest BCUT2D eigenvalue weighted by Gasteiger charge is -2.52. The second kappa shape index (κ2) is 17.5. The monoisotopic (exact) mass is 804 g/mol. The average molecular weight is 805 g/mol. The van der Waals surface area contributed by atoms with Gasteiger partial charge in [0.25, 0.3) is 11.5 Å². The highest BCUT2D eigenvalue weighted by Gasteiger charge is 2.43. The van der Waals surface area contributed by atoms with E-state index in [1.807, 2.05) is 13.8 Å². The van der Waals surface area contributed by atoms with Gasteiger partial charge in [-0.2, -0.15) is 13.2 Å². The molecule has 2 fully saturated rings. The fourth-order valence-electron chi connectivity index (χ4n) is 8.04. The SMILES string of the molecule is Cc1cc(-c2c(C)cc(Cl)cc2C)cc([C@H](CC(=O)O)NC(=O)[C@H](CC(C)C)NC(=O)c2ccc(C(F)(F)F)n(CCCN3CC4(CCOCC4)C3)c2=O)c1F. The maximum absolute atomic E-state index is 15.8. The number of ether oxygens (including phenoxy) is 1. The van der Waals surface area contributed by atoms with Crippen molar-refractivity contribution in [2.24, 2.45) is 11.3 Å². The number of rotatable bonds is 14. The predicted molar refractivity (Wildman–Crippen MR) is 204 cm³/mol. The van der Waals surface area contributed by atoms with Crippen LogP contribution < -0.4 is 16.2 Å². The standard InChI is InChI=1S/C41H49ClF4N4O6/c1-23(2)15-32(38(54)47-31(20-34(51)52)30-19-27(16-26(5)36(30)43)35-24(3)17-28(42)18-25(35)4)48-37(53)29-7-8-33(41(44,45)46)50(39(29)55)12-6-11-49-21-40(22-49)9-13-56-14-10-40/h7-8,16-19,23,31-32H,6,9-15,20-22H2,1-5H3,(H,47,54)(H,48,53)(H,51,52)/t31-,32-/m0/s1. The number of nitrogens with one attached hydrogen (secondary N) is 2. The lowest BCUT2D eigenvalue weighted by Crippen LogP contribution is -2.58. The van der Waals surface area contributed by atoms with Crippen LogP contribution in [0, 0.1) is 37.9 Å². The summed E-state index contributed by atoms with van der Waals surface area (Å²) in [6.07, 6.45) is -3.46. The average Bonchev–Trinajstić information content (AvgIpc) is 3.08. The number of carbonyl (C=O) groups excluding carboxylic acids is 2. The minimum Gasteiger partial charge on any atom is -0.481 e. The van der Waals surface area contributed by atoms with Gasteiger partial charge < -0.3 is 29.9 Å². The lowest BCUT2D eigenvalue weighted by molar-refractivity contribution is -0.144. The van der Waals surface area contributed by atoms with Crippen molar-refractivity contribution in [3.8, 4) is 11.1 Å². The third-order valence-corrected chi connectivity index (χ3v) is 10.9. The Morgan fingerprint density at radius 3 is 2.20 bits per heavy atom. The molecule has 56 heavy (non-hydrogen) atoms. The highest BCUT2D eigenvalue weighted by Crippen LogP contribution is 2.40. The molecule has 3 N–H and O–H groups in total. The van der Waals surface area contributed by atoms with Crippen LogP contribution in [0.15, 0.2) is 41.2 Å². The number of aryl methyl sites for hydroxylation is 3. The normalized spacial score (nSPS) is 16.7. The second-order valence-corrected chi connectivity index (χ2v) is 16.1.